The van der Waals surface area contributed by atoms with Gasteiger partial charge < -0.3 is 10.1 Å². The first kappa shape index (κ1) is 27.4. The first-order valence-electron chi connectivity index (χ1n) is 11.6. The standard InChI is InChI=1S/C26H28F3N5O3/c1-5-16(3)11-19(30-6-2)15-34-25(35)32-24(31-18-7-9-20(37-4)10-8-18)33(26(34)36)14-17-12-21(27)23(29)22(28)13-17/h6-13,16H,5,14-15H2,1-4H3,(H,31,32,35)/b19-11-,30-6-. The van der Waals surface area contributed by atoms with Crippen molar-refractivity contribution in [1.82, 2.24) is 14.1 Å². The van der Waals surface area contributed by atoms with Gasteiger partial charge in [0.1, 0.15) is 5.75 Å². The lowest BCUT2D eigenvalue weighted by Crippen LogP contribution is -2.43. The molecule has 0 amide bonds. The van der Waals surface area contributed by atoms with Crippen LogP contribution in [-0.2, 0) is 13.1 Å². The fourth-order valence-corrected chi connectivity index (χ4v) is 3.50. The molecule has 1 N–H and O–H groups in total. The predicted molar refractivity (Wildman–Crippen MR) is 136 cm³/mol. The minimum atomic E-state index is -1.62. The average molecular weight is 516 g/mol. The van der Waals surface area contributed by atoms with Crippen LogP contribution < -0.4 is 21.4 Å². The summed E-state index contributed by atoms with van der Waals surface area (Å²) in [5, 5.41) is 2.89. The van der Waals surface area contributed by atoms with Gasteiger partial charge in [-0.2, -0.15) is 4.98 Å². The molecular weight excluding hydrogens is 487 g/mol. The van der Waals surface area contributed by atoms with Crippen molar-refractivity contribution in [2.75, 3.05) is 12.4 Å². The summed E-state index contributed by atoms with van der Waals surface area (Å²) in [6, 6.07) is 8.17. The molecule has 1 atom stereocenters. The molecule has 0 aliphatic heterocycles. The molecule has 0 spiro atoms. The number of rotatable bonds is 10. The number of nitrogens with zero attached hydrogens (tertiary/aromatic N) is 4. The summed E-state index contributed by atoms with van der Waals surface area (Å²) in [7, 11) is 1.51. The van der Waals surface area contributed by atoms with Crippen LogP contribution >= 0.6 is 0 Å². The van der Waals surface area contributed by atoms with Crippen molar-refractivity contribution >= 4 is 17.9 Å². The lowest BCUT2D eigenvalue weighted by molar-refractivity contribution is 0.415. The molecule has 3 aromatic rings. The summed E-state index contributed by atoms with van der Waals surface area (Å²) < 4.78 is 48.4. The Morgan fingerprint density at radius 3 is 2.35 bits per heavy atom. The first-order chi connectivity index (χ1) is 17.7. The van der Waals surface area contributed by atoms with E-state index in [1.54, 1.807) is 37.4 Å². The second-order valence-corrected chi connectivity index (χ2v) is 8.33. The molecule has 2 aromatic carbocycles. The zero-order chi connectivity index (χ0) is 27.1. The molecule has 8 nitrogen and oxygen atoms in total. The lowest BCUT2D eigenvalue weighted by atomic mass is 10.1. The third-order valence-corrected chi connectivity index (χ3v) is 5.62. The SMILES string of the molecule is C/C=N\C(=C/C(C)CC)Cn1c(=O)nc(Nc2ccc(OC)cc2)n(Cc2cc(F)c(F)c(F)c2)c1=O. The minimum Gasteiger partial charge on any atom is -0.497 e. The fourth-order valence-electron chi connectivity index (χ4n) is 3.50. The molecule has 0 aliphatic carbocycles. The summed E-state index contributed by atoms with van der Waals surface area (Å²) >= 11 is 0. The Kier molecular flexibility index (Phi) is 9.05. The van der Waals surface area contributed by atoms with Crippen LogP contribution in [0.15, 0.2) is 62.8 Å². The van der Waals surface area contributed by atoms with Gasteiger partial charge in [-0.05, 0) is 54.8 Å². The molecule has 0 aliphatic rings. The van der Waals surface area contributed by atoms with Gasteiger partial charge in [0.05, 0.1) is 25.9 Å². The van der Waals surface area contributed by atoms with E-state index in [0.717, 1.165) is 27.7 Å². The van der Waals surface area contributed by atoms with Crippen molar-refractivity contribution in [3.63, 3.8) is 0 Å². The third kappa shape index (κ3) is 6.75. The quantitative estimate of drug-likeness (QED) is 0.314. The Morgan fingerprint density at radius 2 is 1.78 bits per heavy atom. The van der Waals surface area contributed by atoms with Crippen LogP contribution in [-0.4, -0.2) is 27.4 Å². The average Bonchev–Trinajstić information content (AvgIpc) is 2.87. The summed E-state index contributed by atoms with van der Waals surface area (Å²) in [5.41, 5.74) is -0.704. The van der Waals surface area contributed by atoms with Crippen LogP contribution in [0.3, 0.4) is 0 Å². The molecule has 1 unspecified atom stereocenters. The van der Waals surface area contributed by atoms with Crippen molar-refractivity contribution in [3.8, 4) is 5.75 Å². The molecule has 0 bridgehead atoms. The van der Waals surface area contributed by atoms with Gasteiger partial charge in [-0.25, -0.2) is 27.3 Å². The molecule has 0 radical (unpaired) electrons. The number of halogens is 3. The molecule has 3 rings (SSSR count). The third-order valence-electron chi connectivity index (χ3n) is 5.62. The predicted octanol–water partition coefficient (Wildman–Crippen LogP) is 4.64. The summed E-state index contributed by atoms with van der Waals surface area (Å²) in [6.45, 7) is 5.14. The minimum absolute atomic E-state index is 0.0368. The Morgan fingerprint density at radius 1 is 1.14 bits per heavy atom. The Bertz CT molecular complexity index is 1410. The van der Waals surface area contributed by atoms with Gasteiger partial charge in [0.15, 0.2) is 17.5 Å². The van der Waals surface area contributed by atoms with Crippen LogP contribution in [0.1, 0.15) is 32.8 Å². The van der Waals surface area contributed by atoms with Crippen molar-refractivity contribution < 1.29 is 17.9 Å². The van der Waals surface area contributed by atoms with Gasteiger partial charge in [-0.3, -0.25) is 9.56 Å². The highest BCUT2D eigenvalue weighted by atomic mass is 19.2. The molecule has 0 saturated heterocycles. The molecule has 0 saturated carbocycles. The number of hydrogen-bond acceptors (Lipinski definition) is 6. The van der Waals surface area contributed by atoms with Crippen LogP contribution in [0.25, 0.3) is 0 Å². The largest absolute Gasteiger partial charge is 0.497 e. The van der Waals surface area contributed by atoms with E-state index in [9.17, 15) is 22.8 Å². The highest BCUT2D eigenvalue weighted by Gasteiger charge is 2.18. The number of nitrogens with one attached hydrogen (secondary N) is 1. The number of aliphatic imine (C=N–C) groups is 1. The Labute approximate surface area is 211 Å². The smallest absolute Gasteiger partial charge is 0.355 e. The van der Waals surface area contributed by atoms with E-state index in [-0.39, 0.29) is 30.5 Å². The van der Waals surface area contributed by atoms with Crippen molar-refractivity contribution in [3.05, 3.63) is 92.2 Å². The maximum atomic E-state index is 13.9. The van der Waals surface area contributed by atoms with E-state index < -0.39 is 28.8 Å². The van der Waals surface area contributed by atoms with Crippen molar-refractivity contribution in [1.29, 1.82) is 0 Å². The molecule has 196 valence electrons. The van der Waals surface area contributed by atoms with Gasteiger partial charge in [0, 0.05) is 11.9 Å². The highest BCUT2D eigenvalue weighted by Crippen LogP contribution is 2.20. The van der Waals surface area contributed by atoms with Gasteiger partial charge >= 0.3 is 11.4 Å². The van der Waals surface area contributed by atoms with E-state index >= 15 is 0 Å². The van der Waals surface area contributed by atoms with E-state index in [1.165, 1.54) is 7.11 Å². The van der Waals surface area contributed by atoms with Crippen molar-refractivity contribution in [2.24, 2.45) is 10.9 Å². The van der Waals surface area contributed by atoms with Crippen LogP contribution in [0.2, 0.25) is 0 Å². The van der Waals surface area contributed by atoms with Gasteiger partial charge in [0.25, 0.3) is 0 Å². The first-order valence-corrected chi connectivity index (χ1v) is 11.6. The summed E-state index contributed by atoms with van der Waals surface area (Å²) in [6.07, 6.45) is 4.23. The van der Waals surface area contributed by atoms with Crippen LogP contribution in [0.5, 0.6) is 5.75 Å². The summed E-state index contributed by atoms with van der Waals surface area (Å²) in [4.78, 5) is 34.8. The fraction of sp³-hybridized carbons (Fsp3) is 0.308. The molecule has 0 fully saturated rings. The highest BCUT2D eigenvalue weighted by molar-refractivity contribution is 5.55. The van der Waals surface area contributed by atoms with Gasteiger partial charge in [-0.15, -0.1) is 0 Å². The van der Waals surface area contributed by atoms with Crippen LogP contribution in [0, 0.1) is 23.4 Å². The van der Waals surface area contributed by atoms with E-state index in [2.05, 4.69) is 15.3 Å². The number of allylic oxidation sites excluding steroid dienone is 2. The second kappa shape index (κ2) is 12.2. The lowest BCUT2D eigenvalue weighted by Gasteiger charge is -2.16. The summed E-state index contributed by atoms with van der Waals surface area (Å²) in [5.74, 6) is -3.84. The number of aromatic nitrogens is 3. The maximum Gasteiger partial charge on any atom is 0.355 e. The van der Waals surface area contributed by atoms with Gasteiger partial charge in [0.2, 0.25) is 5.95 Å². The zero-order valence-electron chi connectivity index (χ0n) is 21.0. The number of benzene rings is 2. The number of anilines is 2. The molecular formula is C26H28F3N5O3. The van der Waals surface area contributed by atoms with E-state index in [0.29, 0.717) is 17.1 Å². The second-order valence-electron chi connectivity index (χ2n) is 8.33. The molecule has 37 heavy (non-hydrogen) atoms. The maximum absolute atomic E-state index is 13.9. The Hall–Kier alpha value is -4.15. The zero-order valence-corrected chi connectivity index (χ0v) is 21.0. The monoisotopic (exact) mass is 515 g/mol. The molecule has 1 aromatic heterocycles. The normalized spacial score (nSPS) is 12.7. The van der Waals surface area contributed by atoms with Gasteiger partial charge in [-0.1, -0.05) is 26.3 Å². The number of methoxy groups -OCH3 is 1. The van der Waals surface area contributed by atoms with E-state index in [4.69, 9.17) is 4.74 Å². The molecule has 11 heteroatoms. The topological polar surface area (TPSA) is 90.5 Å². The number of ether oxygens (including phenoxy) is 1. The van der Waals surface area contributed by atoms with Crippen molar-refractivity contribution in [2.45, 2.75) is 40.3 Å². The Balaban J connectivity index is 2.14. The van der Waals surface area contributed by atoms with Crippen LogP contribution in [0.4, 0.5) is 24.8 Å². The van der Waals surface area contributed by atoms with E-state index in [1.807, 2.05) is 19.9 Å². The molecule has 1 heterocycles. The number of hydrogen-bond donors (Lipinski definition) is 1.